The van der Waals surface area contributed by atoms with Crippen LogP contribution in [0.15, 0.2) is 35.6 Å². The van der Waals surface area contributed by atoms with Gasteiger partial charge in [-0.3, -0.25) is 4.79 Å². The molecule has 1 aliphatic heterocycles. The number of hydrogen-bond acceptors (Lipinski definition) is 3. The van der Waals surface area contributed by atoms with Crippen LogP contribution in [0.3, 0.4) is 0 Å². The Balaban J connectivity index is 2.28. The fourth-order valence-corrected chi connectivity index (χ4v) is 3.19. The molecule has 6 heteroatoms. The predicted molar refractivity (Wildman–Crippen MR) is 67.0 cm³/mol. The first-order chi connectivity index (χ1) is 8.80. The zero-order valence-electron chi connectivity index (χ0n) is 9.99. The third-order valence-corrected chi connectivity index (χ3v) is 4.20. The molecule has 102 valence electrons. The SMILES string of the molecule is CC(=O)C1=C(O)C(c2ccc(C(F)(F)F)cc2)SC1. The van der Waals surface area contributed by atoms with Crippen LogP contribution in [0.25, 0.3) is 0 Å². The van der Waals surface area contributed by atoms with Gasteiger partial charge in [-0.15, -0.1) is 11.8 Å². The quantitative estimate of drug-likeness (QED) is 0.897. The van der Waals surface area contributed by atoms with Gasteiger partial charge in [0.05, 0.1) is 10.8 Å². The molecule has 1 N–H and O–H groups in total. The highest BCUT2D eigenvalue weighted by atomic mass is 32.2. The van der Waals surface area contributed by atoms with Crippen molar-refractivity contribution in [3.63, 3.8) is 0 Å². The van der Waals surface area contributed by atoms with E-state index in [1.807, 2.05) is 0 Å². The van der Waals surface area contributed by atoms with Crippen LogP contribution < -0.4 is 0 Å². The second-order valence-electron chi connectivity index (χ2n) is 4.23. The van der Waals surface area contributed by atoms with E-state index in [2.05, 4.69) is 0 Å². The van der Waals surface area contributed by atoms with Gasteiger partial charge in [-0.1, -0.05) is 12.1 Å². The van der Waals surface area contributed by atoms with Gasteiger partial charge < -0.3 is 5.11 Å². The minimum absolute atomic E-state index is 0.0442. The van der Waals surface area contributed by atoms with Crippen LogP contribution in [0.5, 0.6) is 0 Å². The molecule has 1 aliphatic rings. The highest BCUT2D eigenvalue weighted by molar-refractivity contribution is 8.00. The monoisotopic (exact) mass is 288 g/mol. The average molecular weight is 288 g/mol. The van der Waals surface area contributed by atoms with Crippen molar-refractivity contribution in [1.82, 2.24) is 0 Å². The van der Waals surface area contributed by atoms with E-state index >= 15 is 0 Å². The number of Topliss-reactive ketones (excluding diaryl/α,β-unsaturated/α-hetero) is 1. The Morgan fingerprint density at radius 1 is 1.32 bits per heavy atom. The number of thioether (sulfide) groups is 1. The van der Waals surface area contributed by atoms with Crippen molar-refractivity contribution in [2.24, 2.45) is 0 Å². The summed E-state index contributed by atoms with van der Waals surface area (Å²) in [5.41, 5.74) is 0.177. The fraction of sp³-hybridized carbons (Fsp3) is 0.308. The minimum Gasteiger partial charge on any atom is -0.510 e. The Hall–Kier alpha value is -1.43. The molecule has 2 rings (SSSR count). The van der Waals surface area contributed by atoms with Crippen molar-refractivity contribution in [2.45, 2.75) is 18.3 Å². The molecule has 1 aromatic carbocycles. The van der Waals surface area contributed by atoms with E-state index in [-0.39, 0.29) is 11.5 Å². The van der Waals surface area contributed by atoms with E-state index in [1.54, 1.807) is 0 Å². The summed E-state index contributed by atoms with van der Waals surface area (Å²) in [5.74, 6) is 0.129. The summed E-state index contributed by atoms with van der Waals surface area (Å²) in [6.45, 7) is 1.36. The number of carbonyl (C=O) groups excluding carboxylic acids is 1. The number of aliphatic hydroxyl groups excluding tert-OH is 1. The number of ketones is 1. The molecule has 0 aliphatic carbocycles. The van der Waals surface area contributed by atoms with E-state index in [9.17, 15) is 23.1 Å². The molecule has 0 amide bonds. The van der Waals surface area contributed by atoms with Gasteiger partial charge in [0.25, 0.3) is 0 Å². The van der Waals surface area contributed by atoms with E-state index in [0.29, 0.717) is 16.9 Å². The lowest BCUT2D eigenvalue weighted by Crippen LogP contribution is -2.05. The van der Waals surface area contributed by atoms with Gasteiger partial charge in [0, 0.05) is 11.3 Å². The van der Waals surface area contributed by atoms with Crippen LogP contribution in [-0.2, 0) is 11.0 Å². The summed E-state index contributed by atoms with van der Waals surface area (Å²) in [6.07, 6.45) is -4.37. The minimum atomic E-state index is -4.37. The topological polar surface area (TPSA) is 37.3 Å². The molecule has 1 unspecified atom stereocenters. The molecule has 0 fully saturated rings. The molecule has 0 aromatic heterocycles. The van der Waals surface area contributed by atoms with Gasteiger partial charge in [0.1, 0.15) is 5.76 Å². The number of alkyl halides is 3. The van der Waals surface area contributed by atoms with Crippen LogP contribution in [0.4, 0.5) is 13.2 Å². The Bertz CT molecular complexity index is 532. The number of benzene rings is 1. The molecule has 0 radical (unpaired) electrons. The van der Waals surface area contributed by atoms with Crippen LogP contribution in [0.1, 0.15) is 23.3 Å². The third-order valence-electron chi connectivity index (χ3n) is 2.92. The first kappa shape index (κ1) is 14.0. The summed E-state index contributed by atoms with van der Waals surface area (Å²) in [5, 5.41) is 9.46. The standard InChI is InChI=1S/C13H11F3O2S/c1-7(17)10-6-19-12(11(10)18)8-2-4-9(5-3-8)13(14,15)16/h2-5,12,18H,6H2,1H3. The highest BCUT2D eigenvalue weighted by Crippen LogP contribution is 2.43. The molecule has 0 bridgehead atoms. The van der Waals surface area contributed by atoms with Gasteiger partial charge in [-0.2, -0.15) is 13.2 Å². The maximum absolute atomic E-state index is 12.4. The normalized spacial score (nSPS) is 19.9. The molecule has 0 spiro atoms. The molecule has 1 aromatic rings. The Labute approximate surface area is 112 Å². The van der Waals surface area contributed by atoms with Gasteiger partial charge >= 0.3 is 6.18 Å². The summed E-state index contributed by atoms with van der Waals surface area (Å²) in [4.78, 5) is 11.2. The second kappa shape index (κ2) is 4.92. The van der Waals surface area contributed by atoms with E-state index in [4.69, 9.17) is 0 Å². The first-order valence-electron chi connectivity index (χ1n) is 5.52. The highest BCUT2D eigenvalue weighted by Gasteiger charge is 2.32. The molecule has 1 heterocycles. The zero-order chi connectivity index (χ0) is 14.2. The molecule has 2 nitrogen and oxygen atoms in total. The predicted octanol–water partition coefficient (Wildman–Crippen LogP) is 3.89. The number of aliphatic hydroxyl groups is 1. The van der Waals surface area contributed by atoms with E-state index < -0.39 is 17.0 Å². The summed E-state index contributed by atoms with van der Waals surface area (Å²) >= 11 is 1.33. The summed E-state index contributed by atoms with van der Waals surface area (Å²) in [7, 11) is 0. The molecule has 0 saturated heterocycles. The van der Waals surface area contributed by atoms with Crippen LogP contribution in [-0.4, -0.2) is 16.6 Å². The van der Waals surface area contributed by atoms with Crippen LogP contribution >= 0.6 is 11.8 Å². The summed E-state index contributed by atoms with van der Waals surface area (Å²) < 4.78 is 37.3. The molecule has 19 heavy (non-hydrogen) atoms. The van der Waals surface area contributed by atoms with Gasteiger partial charge in [-0.05, 0) is 24.6 Å². The lowest BCUT2D eigenvalue weighted by Gasteiger charge is -2.12. The number of halogens is 3. The fourth-order valence-electron chi connectivity index (χ4n) is 1.86. The van der Waals surface area contributed by atoms with E-state index in [0.717, 1.165) is 12.1 Å². The van der Waals surface area contributed by atoms with Crippen molar-refractivity contribution in [1.29, 1.82) is 0 Å². The maximum Gasteiger partial charge on any atom is 0.416 e. The van der Waals surface area contributed by atoms with Crippen molar-refractivity contribution in [3.05, 3.63) is 46.7 Å². The Kier molecular flexibility index (Phi) is 3.62. The molecule has 1 atom stereocenters. The zero-order valence-corrected chi connectivity index (χ0v) is 10.8. The smallest absolute Gasteiger partial charge is 0.416 e. The number of hydrogen-bond donors (Lipinski definition) is 1. The lowest BCUT2D eigenvalue weighted by atomic mass is 10.0. The lowest BCUT2D eigenvalue weighted by molar-refractivity contribution is -0.137. The Morgan fingerprint density at radius 2 is 1.89 bits per heavy atom. The molecule has 0 saturated carbocycles. The van der Waals surface area contributed by atoms with Crippen molar-refractivity contribution in [3.8, 4) is 0 Å². The molecular formula is C13H11F3O2S. The number of carbonyl (C=O) groups is 1. The third kappa shape index (κ3) is 2.78. The maximum atomic E-state index is 12.4. The Morgan fingerprint density at radius 3 is 2.32 bits per heavy atom. The van der Waals surface area contributed by atoms with Crippen molar-refractivity contribution < 1.29 is 23.1 Å². The molecular weight excluding hydrogens is 277 g/mol. The van der Waals surface area contributed by atoms with Gasteiger partial charge in [-0.25, -0.2) is 0 Å². The van der Waals surface area contributed by atoms with Gasteiger partial charge in [0.15, 0.2) is 5.78 Å². The number of rotatable bonds is 2. The van der Waals surface area contributed by atoms with Crippen LogP contribution in [0.2, 0.25) is 0 Å². The first-order valence-corrected chi connectivity index (χ1v) is 6.57. The second-order valence-corrected chi connectivity index (χ2v) is 5.32. The van der Waals surface area contributed by atoms with Crippen LogP contribution in [0, 0.1) is 0 Å². The largest absolute Gasteiger partial charge is 0.510 e. The summed E-state index contributed by atoms with van der Waals surface area (Å²) in [6, 6.07) is 4.63. The van der Waals surface area contributed by atoms with Crippen molar-refractivity contribution >= 4 is 17.5 Å². The van der Waals surface area contributed by atoms with E-state index in [1.165, 1.54) is 30.8 Å². The van der Waals surface area contributed by atoms with Crippen molar-refractivity contribution in [2.75, 3.05) is 5.75 Å². The average Bonchev–Trinajstić information content (AvgIpc) is 2.70. The van der Waals surface area contributed by atoms with Gasteiger partial charge in [0.2, 0.25) is 0 Å².